The summed E-state index contributed by atoms with van der Waals surface area (Å²) in [5.41, 5.74) is 3.76. The first kappa shape index (κ1) is 13.1. The SMILES string of the molecule is CN1CC(C(=O)NCc2ccc3c(c2)CNC3)CC1=O. The number of nitrogens with one attached hydrogen (secondary N) is 2. The Labute approximate surface area is 118 Å². The van der Waals surface area contributed by atoms with Crippen LogP contribution in [0.15, 0.2) is 18.2 Å². The van der Waals surface area contributed by atoms with Gasteiger partial charge in [0.15, 0.2) is 0 Å². The highest BCUT2D eigenvalue weighted by atomic mass is 16.2. The van der Waals surface area contributed by atoms with Gasteiger partial charge in [-0.3, -0.25) is 9.59 Å². The quantitative estimate of drug-likeness (QED) is 0.837. The van der Waals surface area contributed by atoms with E-state index in [0.717, 1.165) is 18.7 Å². The lowest BCUT2D eigenvalue weighted by Crippen LogP contribution is -2.31. The van der Waals surface area contributed by atoms with Crippen LogP contribution in [-0.2, 0) is 29.2 Å². The van der Waals surface area contributed by atoms with Gasteiger partial charge in [-0.25, -0.2) is 0 Å². The Morgan fingerprint density at radius 1 is 1.40 bits per heavy atom. The van der Waals surface area contributed by atoms with Crippen molar-refractivity contribution in [3.8, 4) is 0 Å². The van der Waals surface area contributed by atoms with E-state index < -0.39 is 0 Å². The number of hydrogen-bond donors (Lipinski definition) is 2. The van der Waals surface area contributed by atoms with Crippen LogP contribution in [0.4, 0.5) is 0 Å². The Bertz CT molecular complexity index is 556. The average molecular weight is 273 g/mol. The molecule has 0 bridgehead atoms. The van der Waals surface area contributed by atoms with Gasteiger partial charge in [0.2, 0.25) is 11.8 Å². The third-order valence-electron chi connectivity index (χ3n) is 4.08. The number of carbonyl (C=O) groups excluding carboxylic acids is 2. The zero-order valence-electron chi connectivity index (χ0n) is 11.6. The number of carbonyl (C=O) groups is 2. The van der Waals surface area contributed by atoms with Gasteiger partial charge in [-0.1, -0.05) is 18.2 Å². The predicted octanol–water partition coefficient (Wildman–Crippen LogP) is 0.384. The molecule has 1 saturated heterocycles. The Hall–Kier alpha value is -1.88. The van der Waals surface area contributed by atoms with Crippen LogP contribution in [-0.4, -0.2) is 30.3 Å². The first-order chi connectivity index (χ1) is 9.63. The van der Waals surface area contributed by atoms with E-state index in [9.17, 15) is 9.59 Å². The Balaban J connectivity index is 1.57. The minimum atomic E-state index is -0.205. The van der Waals surface area contributed by atoms with Crippen LogP contribution in [0.5, 0.6) is 0 Å². The van der Waals surface area contributed by atoms with E-state index in [1.807, 2.05) is 0 Å². The molecule has 20 heavy (non-hydrogen) atoms. The second kappa shape index (κ2) is 5.25. The molecule has 2 aliphatic heterocycles. The van der Waals surface area contributed by atoms with Gasteiger partial charge in [-0.15, -0.1) is 0 Å². The third-order valence-corrected chi connectivity index (χ3v) is 4.08. The van der Waals surface area contributed by atoms with Crippen molar-refractivity contribution in [3.05, 3.63) is 34.9 Å². The molecule has 5 heteroatoms. The molecule has 0 aliphatic carbocycles. The molecule has 3 rings (SSSR count). The van der Waals surface area contributed by atoms with Crippen molar-refractivity contribution in [2.75, 3.05) is 13.6 Å². The Morgan fingerprint density at radius 3 is 2.95 bits per heavy atom. The maximum absolute atomic E-state index is 12.0. The normalized spacial score (nSPS) is 21.1. The lowest BCUT2D eigenvalue weighted by molar-refractivity contribution is -0.128. The van der Waals surface area contributed by atoms with Crippen LogP contribution in [0.3, 0.4) is 0 Å². The molecule has 2 aliphatic rings. The zero-order valence-corrected chi connectivity index (χ0v) is 11.6. The topological polar surface area (TPSA) is 61.4 Å². The number of rotatable bonds is 3. The van der Waals surface area contributed by atoms with E-state index in [1.165, 1.54) is 11.1 Å². The minimum Gasteiger partial charge on any atom is -0.352 e. The van der Waals surface area contributed by atoms with Crippen LogP contribution < -0.4 is 10.6 Å². The second-order valence-electron chi connectivity index (χ2n) is 5.60. The number of benzene rings is 1. The van der Waals surface area contributed by atoms with Crippen LogP contribution in [0, 0.1) is 5.92 Å². The Morgan fingerprint density at radius 2 is 2.20 bits per heavy atom. The van der Waals surface area contributed by atoms with Crippen molar-refractivity contribution in [3.63, 3.8) is 0 Å². The number of fused-ring (bicyclic) bond motifs is 1. The zero-order chi connectivity index (χ0) is 14.1. The summed E-state index contributed by atoms with van der Waals surface area (Å²) in [5, 5.41) is 6.24. The molecule has 0 spiro atoms. The van der Waals surface area contributed by atoms with E-state index in [-0.39, 0.29) is 17.7 Å². The first-order valence-corrected chi connectivity index (χ1v) is 6.96. The van der Waals surface area contributed by atoms with E-state index in [2.05, 4.69) is 28.8 Å². The molecule has 106 valence electrons. The van der Waals surface area contributed by atoms with Crippen molar-refractivity contribution >= 4 is 11.8 Å². The summed E-state index contributed by atoms with van der Waals surface area (Å²) in [6, 6.07) is 6.31. The molecule has 0 radical (unpaired) electrons. The average Bonchev–Trinajstić information content (AvgIpc) is 3.03. The molecular formula is C15H19N3O2. The van der Waals surface area contributed by atoms with Gasteiger partial charge in [0.25, 0.3) is 0 Å². The third kappa shape index (κ3) is 2.54. The molecule has 1 atom stereocenters. The summed E-state index contributed by atoms with van der Waals surface area (Å²) in [5.74, 6) is -0.182. The molecule has 1 aromatic rings. The number of nitrogens with zero attached hydrogens (tertiary/aromatic N) is 1. The van der Waals surface area contributed by atoms with E-state index >= 15 is 0 Å². The van der Waals surface area contributed by atoms with Crippen molar-refractivity contribution < 1.29 is 9.59 Å². The molecule has 2 heterocycles. The van der Waals surface area contributed by atoms with Gasteiger partial charge in [0.1, 0.15) is 0 Å². The van der Waals surface area contributed by atoms with Crippen LogP contribution in [0.1, 0.15) is 23.1 Å². The fourth-order valence-electron chi connectivity index (χ4n) is 2.83. The smallest absolute Gasteiger partial charge is 0.225 e. The van der Waals surface area contributed by atoms with Crippen molar-refractivity contribution in [1.29, 1.82) is 0 Å². The van der Waals surface area contributed by atoms with Gasteiger partial charge in [-0.05, 0) is 16.7 Å². The predicted molar refractivity (Wildman–Crippen MR) is 74.6 cm³/mol. The highest BCUT2D eigenvalue weighted by Gasteiger charge is 2.31. The summed E-state index contributed by atoms with van der Waals surface area (Å²) in [7, 11) is 1.74. The van der Waals surface area contributed by atoms with Gasteiger partial charge in [-0.2, -0.15) is 0 Å². The number of hydrogen-bond acceptors (Lipinski definition) is 3. The lowest BCUT2D eigenvalue weighted by atomic mass is 10.1. The molecule has 1 aromatic carbocycles. The van der Waals surface area contributed by atoms with E-state index in [4.69, 9.17) is 0 Å². The van der Waals surface area contributed by atoms with Crippen LogP contribution >= 0.6 is 0 Å². The number of amides is 2. The van der Waals surface area contributed by atoms with Gasteiger partial charge in [0, 0.05) is 39.6 Å². The fraction of sp³-hybridized carbons (Fsp3) is 0.467. The lowest BCUT2D eigenvalue weighted by Gasteiger charge is -2.11. The number of likely N-dealkylation sites (tertiary alicyclic amines) is 1. The molecule has 1 unspecified atom stereocenters. The summed E-state index contributed by atoms with van der Waals surface area (Å²) < 4.78 is 0. The van der Waals surface area contributed by atoms with Gasteiger partial charge >= 0.3 is 0 Å². The maximum atomic E-state index is 12.0. The summed E-state index contributed by atoms with van der Waals surface area (Å²) in [6.45, 7) is 2.89. The van der Waals surface area contributed by atoms with Crippen molar-refractivity contribution in [2.24, 2.45) is 5.92 Å². The standard InChI is InChI=1S/C15H19N3O2/c1-18-9-13(5-14(18)19)15(20)17-6-10-2-3-11-7-16-8-12(11)4-10/h2-4,13,16H,5-9H2,1H3,(H,17,20). The largest absolute Gasteiger partial charge is 0.352 e. The molecule has 1 fully saturated rings. The molecule has 2 N–H and O–H groups in total. The summed E-state index contributed by atoms with van der Waals surface area (Å²) in [4.78, 5) is 25.1. The summed E-state index contributed by atoms with van der Waals surface area (Å²) >= 11 is 0. The van der Waals surface area contributed by atoms with Crippen molar-refractivity contribution in [1.82, 2.24) is 15.5 Å². The Kier molecular flexibility index (Phi) is 3.44. The fourth-order valence-corrected chi connectivity index (χ4v) is 2.83. The van der Waals surface area contributed by atoms with Gasteiger partial charge in [0.05, 0.1) is 5.92 Å². The minimum absolute atomic E-state index is 0.0266. The molecular weight excluding hydrogens is 254 g/mol. The molecule has 0 saturated carbocycles. The molecule has 2 amide bonds. The summed E-state index contributed by atoms with van der Waals surface area (Å²) in [6.07, 6.45) is 0.330. The van der Waals surface area contributed by atoms with E-state index in [0.29, 0.717) is 19.5 Å². The van der Waals surface area contributed by atoms with E-state index in [1.54, 1.807) is 11.9 Å². The molecule has 0 aromatic heterocycles. The van der Waals surface area contributed by atoms with Crippen molar-refractivity contribution in [2.45, 2.75) is 26.1 Å². The first-order valence-electron chi connectivity index (χ1n) is 6.96. The van der Waals surface area contributed by atoms with Gasteiger partial charge < -0.3 is 15.5 Å². The monoisotopic (exact) mass is 273 g/mol. The highest BCUT2D eigenvalue weighted by molar-refractivity contribution is 5.89. The molecule has 5 nitrogen and oxygen atoms in total. The van der Waals surface area contributed by atoms with Crippen LogP contribution in [0.2, 0.25) is 0 Å². The van der Waals surface area contributed by atoms with Crippen LogP contribution in [0.25, 0.3) is 0 Å². The second-order valence-corrected chi connectivity index (χ2v) is 5.60. The maximum Gasteiger partial charge on any atom is 0.225 e. The highest BCUT2D eigenvalue weighted by Crippen LogP contribution is 2.18.